The van der Waals surface area contributed by atoms with Crippen LogP contribution in [0.4, 0.5) is 5.69 Å². The number of halogens is 1. The molecule has 1 atom stereocenters. The summed E-state index contributed by atoms with van der Waals surface area (Å²) >= 11 is 3.31. The van der Waals surface area contributed by atoms with Crippen molar-refractivity contribution in [3.05, 3.63) is 88.4 Å². The highest BCUT2D eigenvalue weighted by Crippen LogP contribution is 2.27. The lowest BCUT2D eigenvalue weighted by atomic mass is 10.1. The number of ketones is 1. The van der Waals surface area contributed by atoms with E-state index in [9.17, 15) is 19.2 Å². The van der Waals surface area contributed by atoms with E-state index in [-0.39, 0.29) is 24.6 Å². The Bertz CT molecular complexity index is 1290. The zero-order valence-corrected chi connectivity index (χ0v) is 21.6. The van der Waals surface area contributed by atoms with E-state index in [2.05, 4.69) is 15.9 Å². The summed E-state index contributed by atoms with van der Waals surface area (Å²) in [6.45, 7) is 2.15. The molecule has 0 aromatic heterocycles. The van der Waals surface area contributed by atoms with E-state index in [1.165, 1.54) is 29.2 Å². The molecule has 1 aliphatic rings. The SMILES string of the molecule is CCOc1ccc(N2C[C@@H](C(=O)OCC(=O)c3ccc(OC(=O)c4ccc(Br)cc4)cc3)CC2=O)cc1. The van der Waals surface area contributed by atoms with Crippen LogP contribution in [0.15, 0.2) is 77.3 Å². The summed E-state index contributed by atoms with van der Waals surface area (Å²) in [6, 6.07) is 19.8. The summed E-state index contributed by atoms with van der Waals surface area (Å²) in [5.41, 5.74) is 1.36. The Kier molecular flexibility index (Phi) is 8.35. The fraction of sp³-hybridized carbons (Fsp3) is 0.214. The first-order chi connectivity index (χ1) is 17.8. The number of hydrogen-bond donors (Lipinski definition) is 0. The molecule has 37 heavy (non-hydrogen) atoms. The summed E-state index contributed by atoms with van der Waals surface area (Å²) in [5, 5.41) is 0. The van der Waals surface area contributed by atoms with Crippen LogP contribution >= 0.6 is 15.9 Å². The van der Waals surface area contributed by atoms with Crippen molar-refractivity contribution in [2.75, 3.05) is 24.7 Å². The summed E-state index contributed by atoms with van der Waals surface area (Å²) in [5.74, 6) is -1.41. The number of carbonyl (C=O) groups excluding carboxylic acids is 4. The van der Waals surface area contributed by atoms with E-state index in [0.29, 0.717) is 29.2 Å². The van der Waals surface area contributed by atoms with Gasteiger partial charge in [-0.05, 0) is 79.7 Å². The Labute approximate surface area is 222 Å². The number of esters is 2. The maximum atomic E-state index is 12.5. The molecule has 0 unspecified atom stereocenters. The van der Waals surface area contributed by atoms with Gasteiger partial charge in [0.25, 0.3) is 0 Å². The topological polar surface area (TPSA) is 99.2 Å². The molecule has 0 bridgehead atoms. The van der Waals surface area contributed by atoms with Gasteiger partial charge in [0.15, 0.2) is 12.4 Å². The molecule has 8 nitrogen and oxygen atoms in total. The van der Waals surface area contributed by atoms with Gasteiger partial charge < -0.3 is 19.1 Å². The number of nitrogens with zero attached hydrogens (tertiary/aromatic N) is 1. The zero-order chi connectivity index (χ0) is 26.4. The van der Waals surface area contributed by atoms with Gasteiger partial charge in [0.1, 0.15) is 11.5 Å². The third kappa shape index (κ3) is 6.62. The molecule has 0 aliphatic carbocycles. The van der Waals surface area contributed by atoms with Gasteiger partial charge in [-0.3, -0.25) is 14.4 Å². The fourth-order valence-electron chi connectivity index (χ4n) is 3.80. The number of benzene rings is 3. The van der Waals surface area contributed by atoms with Crippen LogP contribution < -0.4 is 14.4 Å². The van der Waals surface area contributed by atoms with Crippen molar-refractivity contribution in [3.8, 4) is 11.5 Å². The highest BCUT2D eigenvalue weighted by Gasteiger charge is 2.36. The lowest BCUT2D eigenvalue weighted by molar-refractivity contribution is -0.147. The van der Waals surface area contributed by atoms with Crippen LogP contribution in [0.2, 0.25) is 0 Å². The second-order valence-electron chi connectivity index (χ2n) is 8.28. The summed E-state index contributed by atoms with van der Waals surface area (Å²) < 4.78 is 16.8. The van der Waals surface area contributed by atoms with E-state index in [1.807, 2.05) is 6.92 Å². The van der Waals surface area contributed by atoms with Gasteiger partial charge in [0.2, 0.25) is 5.91 Å². The fourth-order valence-corrected chi connectivity index (χ4v) is 4.07. The molecular formula is C28H24BrNO7. The highest BCUT2D eigenvalue weighted by atomic mass is 79.9. The molecule has 0 N–H and O–H groups in total. The minimum absolute atomic E-state index is 0.0126. The van der Waals surface area contributed by atoms with E-state index in [0.717, 1.165) is 4.47 Å². The number of anilines is 1. The summed E-state index contributed by atoms with van der Waals surface area (Å²) in [4.78, 5) is 51.3. The normalized spacial score (nSPS) is 14.8. The predicted octanol–water partition coefficient (Wildman–Crippen LogP) is 4.85. The molecule has 3 aromatic rings. The molecule has 1 heterocycles. The Morgan fingerprint density at radius 1 is 0.892 bits per heavy atom. The monoisotopic (exact) mass is 565 g/mol. The van der Waals surface area contributed by atoms with Crippen LogP contribution in [0.1, 0.15) is 34.1 Å². The van der Waals surface area contributed by atoms with E-state index >= 15 is 0 Å². The molecular weight excluding hydrogens is 542 g/mol. The van der Waals surface area contributed by atoms with Crippen LogP contribution in [0, 0.1) is 5.92 Å². The van der Waals surface area contributed by atoms with Crippen LogP contribution in [-0.2, 0) is 14.3 Å². The van der Waals surface area contributed by atoms with Gasteiger partial charge in [0.05, 0.1) is 18.1 Å². The van der Waals surface area contributed by atoms with Gasteiger partial charge in [-0.15, -0.1) is 0 Å². The third-order valence-corrected chi connectivity index (χ3v) is 6.26. The minimum Gasteiger partial charge on any atom is -0.494 e. The first kappa shape index (κ1) is 26.1. The number of ether oxygens (including phenoxy) is 3. The van der Waals surface area contributed by atoms with E-state index in [1.54, 1.807) is 48.5 Å². The van der Waals surface area contributed by atoms with Crippen LogP contribution in [-0.4, -0.2) is 43.4 Å². The number of Topliss-reactive ketones (excluding diaryl/α,β-unsaturated/α-hetero) is 1. The summed E-state index contributed by atoms with van der Waals surface area (Å²) in [7, 11) is 0. The molecule has 1 saturated heterocycles. The molecule has 4 rings (SSSR count). The van der Waals surface area contributed by atoms with Crippen molar-refractivity contribution in [1.29, 1.82) is 0 Å². The van der Waals surface area contributed by atoms with Crippen molar-refractivity contribution in [3.63, 3.8) is 0 Å². The number of carbonyl (C=O) groups is 4. The van der Waals surface area contributed by atoms with Gasteiger partial charge in [0, 0.05) is 28.7 Å². The molecule has 1 aliphatic heterocycles. The second kappa shape index (κ2) is 11.8. The third-order valence-electron chi connectivity index (χ3n) is 5.73. The van der Waals surface area contributed by atoms with Crippen LogP contribution in [0.25, 0.3) is 0 Å². The number of hydrogen-bond acceptors (Lipinski definition) is 7. The van der Waals surface area contributed by atoms with Crippen LogP contribution in [0.5, 0.6) is 11.5 Å². The standard InChI is InChI=1S/C28H24BrNO7/c1-2-35-23-13-9-22(10-14-23)30-16-20(15-26(30)32)27(33)36-17-25(31)18-5-11-24(12-6-18)37-28(34)19-3-7-21(29)8-4-19/h3-14,20H,2,15-17H2,1H3/t20-/m0/s1. The Morgan fingerprint density at radius 2 is 1.51 bits per heavy atom. The first-order valence-corrected chi connectivity index (χ1v) is 12.4. The lowest BCUT2D eigenvalue weighted by Gasteiger charge is -2.17. The van der Waals surface area contributed by atoms with Crippen molar-refractivity contribution in [1.82, 2.24) is 0 Å². The molecule has 3 aromatic carbocycles. The quantitative estimate of drug-likeness (QED) is 0.208. The zero-order valence-electron chi connectivity index (χ0n) is 20.0. The number of rotatable bonds is 9. The van der Waals surface area contributed by atoms with E-state index < -0.39 is 30.2 Å². The molecule has 0 radical (unpaired) electrons. The largest absolute Gasteiger partial charge is 0.494 e. The summed E-state index contributed by atoms with van der Waals surface area (Å²) in [6.07, 6.45) is 0.0126. The van der Waals surface area contributed by atoms with Crippen molar-refractivity contribution >= 4 is 45.2 Å². The molecule has 1 fully saturated rings. The van der Waals surface area contributed by atoms with E-state index in [4.69, 9.17) is 14.2 Å². The van der Waals surface area contributed by atoms with Gasteiger partial charge in [-0.2, -0.15) is 0 Å². The molecule has 9 heteroatoms. The molecule has 1 amide bonds. The molecule has 190 valence electrons. The van der Waals surface area contributed by atoms with Gasteiger partial charge in [-0.1, -0.05) is 15.9 Å². The Hall–Kier alpha value is -3.98. The second-order valence-corrected chi connectivity index (χ2v) is 9.20. The molecule has 0 spiro atoms. The molecule has 0 saturated carbocycles. The van der Waals surface area contributed by atoms with Crippen LogP contribution in [0.3, 0.4) is 0 Å². The maximum absolute atomic E-state index is 12.5. The van der Waals surface area contributed by atoms with Gasteiger partial charge in [-0.25, -0.2) is 4.79 Å². The van der Waals surface area contributed by atoms with Crippen molar-refractivity contribution in [2.45, 2.75) is 13.3 Å². The highest BCUT2D eigenvalue weighted by molar-refractivity contribution is 9.10. The average molecular weight is 566 g/mol. The minimum atomic E-state index is -0.660. The first-order valence-electron chi connectivity index (χ1n) is 11.6. The van der Waals surface area contributed by atoms with Crippen molar-refractivity contribution < 1.29 is 33.4 Å². The Morgan fingerprint density at radius 3 is 2.16 bits per heavy atom. The lowest BCUT2D eigenvalue weighted by Crippen LogP contribution is -2.27. The van der Waals surface area contributed by atoms with Gasteiger partial charge >= 0.3 is 11.9 Å². The predicted molar refractivity (Wildman–Crippen MR) is 139 cm³/mol. The smallest absolute Gasteiger partial charge is 0.343 e. The maximum Gasteiger partial charge on any atom is 0.343 e. The number of amides is 1. The van der Waals surface area contributed by atoms with Crippen molar-refractivity contribution in [2.24, 2.45) is 5.92 Å². The Balaban J connectivity index is 1.27. The average Bonchev–Trinajstić information content (AvgIpc) is 3.30.